The van der Waals surface area contributed by atoms with Gasteiger partial charge in [0.05, 0.1) is 12.7 Å². The van der Waals surface area contributed by atoms with Gasteiger partial charge in [-0.2, -0.15) is 8.42 Å². The molecule has 0 aliphatic carbocycles. The van der Waals surface area contributed by atoms with Gasteiger partial charge in [0.15, 0.2) is 5.03 Å². The van der Waals surface area contributed by atoms with E-state index in [0.717, 1.165) is 6.42 Å². The van der Waals surface area contributed by atoms with E-state index >= 15 is 0 Å². The smallest absolute Gasteiger partial charge is 0.281 e. The Morgan fingerprint density at radius 1 is 1.17 bits per heavy atom. The van der Waals surface area contributed by atoms with Crippen molar-refractivity contribution in [1.82, 2.24) is 19.7 Å². The predicted molar refractivity (Wildman–Crippen MR) is 133 cm³/mol. The Labute approximate surface area is 204 Å². The van der Waals surface area contributed by atoms with Crippen LogP contribution in [0.5, 0.6) is 5.88 Å². The minimum absolute atomic E-state index is 0.0319. The molecular weight excluding hydrogens is 468 g/mol. The lowest BCUT2D eigenvalue weighted by Crippen LogP contribution is -2.43. The number of carbonyl (C=O) groups excluding carboxylic acids is 1. The number of nitrogens with one attached hydrogen (secondary N) is 1. The summed E-state index contributed by atoms with van der Waals surface area (Å²) in [5.74, 6) is 0.438. The molecule has 3 aromatic heterocycles. The number of nitrogen functional groups attached to an aromatic ring is 1. The summed E-state index contributed by atoms with van der Waals surface area (Å²) in [5, 5.41) is -0.342. The third kappa shape index (κ3) is 4.76. The first-order chi connectivity index (χ1) is 16.5. The van der Waals surface area contributed by atoms with E-state index in [1.54, 1.807) is 30.6 Å². The number of sulfonamides is 1. The van der Waals surface area contributed by atoms with Crippen LogP contribution in [-0.4, -0.2) is 48.5 Å². The van der Waals surface area contributed by atoms with Gasteiger partial charge in [0.25, 0.3) is 15.9 Å². The monoisotopic (exact) mass is 496 g/mol. The van der Waals surface area contributed by atoms with E-state index in [1.165, 1.54) is 25.3 Å². The topological polar surface area (TPSA) is 140 Å². The fourth-order valence-electron chi connectivity index (χ4n) is 4.09. The van der Waals surface area contributed by atoms with Crippen LogP contribution in [0.1, 0.15) is 37.6 Å². The van der Waals surface area contributed by atoms with Crippen molar-refractivity contribution in [2.45, 2.75) is 37.8 Å². The molecule has 1 unspecified atom stereocenters. The minimum atomic E-state index is -4.26. The van der Waals surface area contributed by atoms with Crippen molar-refractivity contribution in [3.63, 3.8) is 0 Å². The first-order valence-electron chi connectivity index (χ1n) is 11.1. The van der Waals surface area contributed by atoms with Crippen molar-refractivity contribution >= 4 is 27.6 Å². The molecule has 11 heteroatoms. The summed E-state index contributed by atoms with van der Waals surface area (Å²) < 4.78 is 33.0. The normalized spacial score (nSPS) is 17.3. The number of carbonyl (C=O) groups is 1. The third-order valence-corrected chi connectivity index (χ3v) is 7.81. The molecule has 1 saturated heterocycles. The number of nitrogens with two attached hydrogens (primary N) is 1. The predicted octanol–water partition coefficient (Wildman–Crippen LogP) is 2.87. The standard InChI is InChI=1S/C24H28N6O4S/c1-15-10-11-30(24(15,2)3)22-18(12-17(14-27-22)16-8-9-20(34-4)26-13-16)23(31)29-35(32,33)21-7-5-6-19(25)28-21/h5-9,12-15H,10-11H2,1-4H3,(H2,25,28)(H,29,31). The second-order valence-corrected chi connectivity index (χ2v) is 10.6. The highest BCUT2D eigenvalue weighted by atomic mass is 32.2. The average Bonchev–Trinajstić information content (AvgIpc) is 3.10. The maximum atomic E-state index is 13.4. The molecule has 10 nitrogen and oxygen atoms in total. The molecule has 184 valence electrons. The van der Waals surface area contributed by atoms with Crippen molar-refractivity contribution in [3.8, 4) is 17.0 Å². The van der Waals surface area contributed by atoms with E-state index in [0.29, 0.717) is 35.3 Å². The summed E-state index contributed by atoms with van der Waals surface area (Å²) in [6, 6.07) is 9.31. The van der Waals surface area contributed by atoms with Crippen molar-refractivity contribution in [2.24, 2.45) is 5.92 Å². The first kappa shape index (κ1) is 24.4. The molecule has 1 amide bonds. The van der Waals surface area contributed by atoms with Crippen LogP contribution in [0.2, 0.25) is 0 Å². The first-order valence-corrected chi connectivity index (χ1v) is 12.6. The largest absolute Gasteiger partial charge is 0.481 e. The van der Waals surface area contributed by atoms with Crippen LogP contribution in [-0.2, 0) is 10.0 Å². The molecule has 0 saturated carbocycles. The summed E-state index contributed by atoms with van der Waals surface area (Å²) in [4.78, 5) is 28.1. The van der Waals surface area contributed by atoms with Crippen molar-refractivity contribution < 1.29 is 17.9 Å². The maximum Gasteiger partial charge on any atom is 0.281 e. The van der Waals surface area contributed by atoms with Crippen molar-refractivity contribution in [1.29, 1.82) is 0 Å². The van der Waals surface area contributed by atoms with E-state index in [2.05, 4.69) is 40.4 Å². The fourth-order valence-corrected chi connectivity index (χ4v) is 5.03. The van der Waals surface area contributed by atoms with Gasteiger partial charge in [-0.1, -0.05) is 13.0 Å². The molecule has 4 heterocycles. The number of amides is 1. The Balaban J connectivity index is 1.77. The van der Waals surface area contributed by atoms with Crippen molar-refractivity contribution in [2.75, 3.05) is 24.3 Å². The SMILES string of the molecule is COc1ccc(-c2cnc(N3CCC(C)C3(C)C)c(C(=O)NS(=O)(=O)c3cccc(N)n3)c2)cn1. The summed E-state index contributed by atoms with van der Waals surface area (Å²) >= 11 is 0. The van der Waals surface area contributed by atoms with Gasteiger partial charge >= 0.3 is 0 Å². The highest BCUT2D eigenvalue weighted by Gasteiger charge is 2.41. The fraction of sp³-hybridized carbons (Fsp3) is 0.333. The second-order valence-electron chi connectivity index (χ2n) is 9.01. The van der Waals surface area contributed by atoms with Crippen LogP contribution in [0.3, 0.4) is 0 Å². The van der Waals surface area contributed by atoms with Gasteiger partial charge in [0.1, 0.15) is 11.6 Å². The second kappa shape index (κ2) is 9.14. The molecule has 1 aliphatic heterocycles. The molecule has 0 bridgehead atoms. The van der Waals surface area contributed by atoms with E-state index in [9.17, 15) is 13.2 Å². The molecule has 0 aromatic carbocycles. The molecular formula is C24H28N6O4S. The number of aromatic nitrogens is 3. The highest BCUT2D eigenvalue weighted by molar-refractivity contribution is 7.90. The molecule has 1 fully saturated rings. The Hall–Kier alpha value is -3.73. The summed E-state index contributed by atoms with van der Waals surface area (Å²) in [6.07, 6.45) is 4.18. The lowest BCUT2D eigenvalue weighted by Gasteiger charge is -2.36. The van der Waals surface area contributed by atoms with Crippen LogP contribution in [0.25, 0.3) is 11.1 Å². The number of ether oxygens (including phenoxy) is 1. The number of pyridine rings is 3. The van der Waals surface area contributed by atoms with E-state index < -0.39 is 15.9 Å². The third-order valence-electron chi connectivity index (χ3n) is 6.58. The van der Waals surface area contributed by atoms with Crippen LogP contribution >= 0.6 is 0 Å². The summed E-state index contributed by atoms with van der Waals surface area (Å²) in [7, 11) is -2.74. The zero-order valence-corrected chi connectivity index (χ0v) is 20.8. The molecule has 1 aliphatic rings. The minimum Gasteiger partial charge on any atom is -0.481 e. The Morgan fingerprint density at radius 2 is 1.91 bits per heavy atom. The van der Waals surface area contributed by atoms with E-state index in [1.807, 2.05) is 4.90 Å². The molecule has 35 heavy (non-hydrogen) atoms. The molecule has 0 radical (unpaired) electrons. The van der Waals surface area contributed by atoms with Gasteiger partial charge in [-0.05, 0) is 50.5 Å². The number of anilines is 2. The highest BCUT2D eigenvalue weighted by Crippen LogP contribution is 2.39. The molecule has 1 atom stereocenters. The van der Waals surface area contributed by atoms with Crippen LogP contribution < -0.4 is 20.1 Å². The number of nitrogens with zero attached hydrogens (tertiary/aromatic N) is 4. The van der Waals surface area contributed by atoms with Crippen molar-refractivity contribution in [3.05, 3.63) is 54.4 Å². The zero-order chi connectivity index (χ0) is 25.4. The molecule has 3 N–H and O–H groups in total. The summed E-state index contributed by atoms with van der Waals surface area (Å²) in [5.41, 5.74) is 6.80. The Bertz CT molecular complexity index is 1360. The van der Waals surface area contributed by atoms with E-state index in [-0.39, 0.29) is 21.9 Å². The number of rotatable bonds is 6. The van der Waals surface area contributed by atoms with Gasteiger partial charge < -0.3 is 15.4 Å². The summed E-state index contributed by atoms with van der Waals surface area (Å²) in [6.45, 7) is 7.01. The van der Waals surface area contributed by atoms with E-state index in [4.69, 9.17) is 10.5 Å². The average molecular weight is 497 g/mol. The van der Waals surface area contributed by atoms with Gasteiger partial charge in [-0.25, -0.2) is 19.7 Å². The van der Waals surface area contributed by atoms with Crippen LogP contribution in [0, 0.1) is 5.92 Å². The number of hydrogen-bond donors (Lipinski definition) is 2. The number of methoxy groups -OCH3 is 1. The Morgan fingerprint density at radius 3 is 2.51 bits per heavy atom. The van der Waals surface area contributed by atoms with Gasteiger partial charge in [-0.3, -0.25) is 4.79 Å². The van der Waals surface area contributed by atoms with Gasteiger partial charge in [0, 0.05) is 41.7 Å². The number of hydrogen-bond acceptors (Lipinski definition) is 9. The van der Waals surface area contributed by atoms with Gasteiger partial charge in [-0.15, -0.1) is 0 Å². The lowest BCUT2D eigenvalue weighted by molar-refractivity contribution is 0.0981. The lowest BCUT2D eigenvalue weighted by atomic mass is 9.90. The Kier molecular flexibility index (Phi) is 6.37. The maximum absolute atomic E-state index is 13.4. The quantitative estimate of drug-likeness (QED) is 0.527. The van der Waals surface area contributed by atoms with Crippen LogP contribution in [0.15, 0.2) is 53.8 Å². The molecule has 3 aromatic rings. The van der Waals surface area contributed by atoms with Gasteiger partial charge in [0.2, 0.25) is 5.88 Å². The molecule has 4 rings (SSSR count). The zero-order valence-electron chi connectivity index (χ0n) is 20.0. The molecule has 0 spiro atoms. The van der Waals surface area contributed by atoms with Crippen LogP contribution in [0.4, 0.5) is 11.6 Å².